The molecule has 0 radical (unpaired) electrons. The molecule has 0 aliphatic heterocycles. The van der Waals surface area contributed by atoms with Crippen LogP contribution in [-0.4, -0.2) is 22.1 Å². The molecule has 30 heavy (non-hydrogen) atoms. The second kappa shape index (κ2) is 8.51. The Balaban J connectivity index is 2.11. The zero-order chi connectivity index (χ0) is 22.1. The highest BCUT2D eigenvalue weighted by Gasteiger charge is 2.33. The molecule has 0 aliphatic rings. The third-order valence-electron chi connectivity index (χ3n) is 4.29. The molecule has 0 saturated heterocycles. The molecule has 9 heteroatoms. The minimum absolute atomic E-state index is 0.0574. The topological polar surface area (TPSA) is 44.1 Å². The van der Waals surface area contributed by atoms with Gasteiger partial charge in [-0.1, -0.05) is 11.8 Å². The first-order chi connectivity index (χ1) is 14.2. The van der Waals surface area contributed by atoms with Crippen LogP contribution in [0.2, 0.25) is 0 Å². The van der Waals surface area contributed by atoms with E-state index in [1.54, 1.807) is 6.92 Å². The molecule has 0 bridgehead atoms. The largest absolute Gasteiger partial charge is 0.461 e. The third-order valence-corrected chi connectivity index (χ3v) is 5.48. The van der Waals surface area contributed by atoms with Gasteiger partial charge in [-0.3, -0.25) is 4.57 Å². The Labute approximate surface area is 174 Å². The summed E-state index contributed by atoms with van der Waals surface area (Å²) in [5.41, 5.74) is -0.00350. The van der Waals surface area contributed by atoms with Crippen molar-refractivity contribution in [1.82, 2.24) is 9.55 Å². The Morgan fingerprint density at radius 3 is 2.33 bits per heavy atom. The predicted molar refractivity (Wildman–Crippen MR) is 105 cm³/mol. The molecule has 0 spiro atoms. The van der Waals surface area contributed by atoms with Gasteiger partial charge in [0.05, 0.1) is 12.8 Å². The smallest absolute Gasteiger partial charge is 0.357 e. The number of imidazole rings is 1. The van der Waals surface area contributed by atoms with Crippen LogP contribution in [0.15, 0.2) is 47.8 Å². The zero-order valence-electron chi connectivity index (χ0n) is 16.4. The summed E-state index contributed by atoms with van der Waals surface area (Å²) in [6, 6.07) is 6.84. The van der Waals surface area contributed by atoms with E-state index in [0.717, 1.165) is 17.8 Å². The minimum Gasteiger partial charge on any atom is -0.461 e. The second-order valence-corrected chi connectivity index (χ2v) is 8.38. The van der Waals surface area contributed by atoms with Gasteiger partial charge in [0.15, 0.2) is 22.5 Å². The summed E-state index contributed by atoms with van der Waals surface area (Å²) in [6.45, 7) is 4.78. The van der Waals surface area contributed by atoms with Gasteiger partial charge in [-0.25, -0.2) is 27.3 Å². The third kappa shape index (κ3) is 4.21. The van der Waals surface area contributed by atoms with Crippen LogP contribution in [0.5, 0.6) is 0 Å². The van der Waals surface area contributed by atoms with Crippen LogP contribution in [0.1, 0.15) is 36.8 Å². The van der Waals surface area contributed by atoms with Crippen molar-refractivity contribution in [3.05, 3.63) is 77.1 Å². The summed E-state index contributed by atoms with van der Waals surface area (Å²) >= 11 is 0.922. The molecule has 0 N–H and O–H groups in total. The lowest BCUT2D eigenvalue weighted by Gasteiger charge is -2.26. The van der Waals surface area contributed by atoms with Crippen molar-refractivity contribution in [2.24, 2.45) is 0 Å². The Bertz CT molecular complexity index is 1080. The zero-order valence-corrected chi connectivity index (χ0v) is 17.2. The highest BCUT2D eigenvalue weighted by atomic mass is 32.2. The summed E-state index contributed by atoms with van der Waals surface area (Å²) in [7, 11) is 0. The van der Waals surface area contributed by atoms with E-state index in [0.29, 0.717) is 11.8 Å². The first-order valence-electron chi connectivity index (χ1n) is 8.99. The quantitative estimate of drug-likeness (QED) is 0.216. The lowest BCUT2D eigenvalue weighted by atomic mass is 10.0. The van der Waals surface area contributed by atoms with Gasteiger partial charge in [0.1, 0.15) is 11.6 Å². The molecule has 1 heterocycles. The van der Waals surface area contributed by atoms with Crippen LogP contribution in [0, 0.1) is 23.3 Å². The van der Waals surface area contributed by atoms with Crippen LogP contribution in [0.25, 0.3) is 5.69 Å². The second-order valence-electron chi connectivity index (χ2n) is 6.79. The van der Waals surface area contributed by atoms with E-state index in [1.807, 2.05) is 0 Å². The van der Waals surface area contributed by atoms with Crippen molar-refractivity contribution in [2.45, 2.75) is 30.7 Å². The number of nitrogens with zero attached hydrogens (tertiary/aromatic N) is 2. The summed E-state index contributed by atoms with van der Waals surface area (Å²) in [5, 5.41) is 0.192. The van der Waals surface area contributed by atoms with Crippen LogP contribution in [0.4, 0.5) is 17.6 Å². The molecule has 0 atom stereocenters. The lowest BCUT2D eigenvalue weighted by Crippen LogP contribution is -2.19. The normalized spacial score (nSPS) is 11.6. The Kier molecular flexibility index (Phi) is 6.21. The Morgan fingerprint density at radius 1 is 1.07 bits per heavy atom. The number of benzene rings is 2. The highest BCUT2D eigenvalue weighted by molar-refractivity contribution is 8.00. The van der Waals surface area contributed by atoms with Crippen LogP contribution in [0.3, 0.4) is 0 Å². The summed E-state index contributed by atoms with van der Waals surface area (Å²) in [6.07, 6.45) is 1.26. The molecule has 0 unspecified atom stereocenters. The SMILES string of the molecule is CCOC(=O)c1cnc(SC(C)(C)c2c(F)ccc(F)c2F)n1-c1ccc(F)cc1. The molecule has 0 aliphatic carbocycles. The van der Waals surface area contributed by atoms with Gasteiger partial charge in [-0.15, -0.1) is 0 Å². The summed E-state index contributed by atoms with van der Waals surface area (Å²) in [4.78, 5) is 16.6. The number of aromatic nitrogens is 2. The molecule has 4 nitrogen and oxygen atoms in total. The minimum atomic E-state index is -1.30. The summed E-state index contributed by atoms with van der Waals surface area (Å²) < 4.78 is 61.0. The molecule has 3 rings (SSSR count). The monoisotopic (exact) mass is 438 g/mol. The van der Waals surface area contributed by atoms with Gasteiger partial charge < -0.3 is 4.74 Å². The van der Waals surface area contributed by atoms with E-state index in [1.165, 1.54) is 48.9 Å². The van der Waals surface area contributed by atoms with Gasteiger partial charge in [0.2, 0.25) is 0 Å². The fraction of sp³-hybridized carbons (Fsp3) is 0.238. The van der Waals surface area contributed by atoms with E-state index < -0.39 is 39.5 Å². The van der Waals surface area contributed by atoms with Gasteiger partial charge in [0.25, 0.3) is 0 Å². The Hall–Kier alpha value is -2.81. The van der Waals surface area contributed by atoms with Crippen LogP contribution < -0.4 is 0 Å². The van der Waals surface area contributed by atoms with Crippen molar-refractivity contribution in [1.29, 1.82) is 0 Å². The fourth-order valence-electron chi connectivity index (χ4n) is 2.95. The lowest BCUT2D eigenvalue weighted by molar-refractivity contribution is 0.0516. The molecular weight excluding hydrogens is 420 g/mol. The van der Waals surface area contributed by atoms with E-state index in [4.69, 9.17) is 4.74 Å². The number of hydrogen-bond acceptors (Lipinski definition) is 4. The van der Waals surface area contributed by atoms with E-state index in [-0.39, 0.29) is 17.5 Å². The molecule has 0 amide bonds. The van der Waals surface area contributed by atoms with Gasteiger partial charge in [-0.05, 0) is 57.2 Å². The Morgan fingerprint density at radius 2 is 1.70 bits per heavy atom. The van der Waals surface area contributed by atoms with E-state index in [9.17, 15) is 22.4 Å². The van der Waals surface area contributed by atoms with E-state index >= 15 is 0 Å². The maximum absolute atomic E-state index is 14.4. The number of hydrogen-bond donors (Lipinski definition) is 0. The van der Waals surface area contributed by atoms with E-state index in [2.05, 4.69) is 4.98 Å². The maximum atomic E-state index is 14.4. The summed E-state index contributed by atoms with van der Waals surface area (Å²) in [5.74, 6) is -4.51. The molecule has 1 aromatic heterocycles. The number of halogens is 4. The van der Waals surface area contributed by atoms with Crippen LogP contribution in [-0.2, 0) is 9.48 Å². The molecule has 2 aromatic carbocycles. The standard InChI is InChI=1S/C21H18F4N2O2S/c1-4-29-19(28)16-11-26-20(27(16)13-7-5-12(22)6-8-13)30-21(2,3)17-14(23)9-10-15(24)18(17)25/h5-11H,4H2,1-3H3. The van der Waals surface area contributed by atoms with Crippen molar-refractivity contribution in [3.8, 4) is 5.69 Å². The van der Waals surface area contributed by atoms with Gasteiger partial charge in [0, 0.05) is 16.0 Å². The van der Waals surface area contributed by atoms with Crippen molar-refractivity contribution in [3.63, 3.8) is 0 Å². The van der Waals surface area contributed by atoms with Gasteiger partial charge >= 0.3 is 5.97 Å². The van der Waals surface area contributed by atoms with Crippen molar-refractivity contribution in [2.75, 3.05) is 6.61 Å². The van der Waals surface area contributed by atoms with Crippen molar-refractivity contribution < 1.29 is 27.1 Å². The van der Waals surface area contributed by atoms with Crippen LogP contribution >= 0.6 is 11.8 Å². The number of ether oxygens (including phenoxy) is 1. The number of carbonyl (C=O) groups excluding carboxylic acids is 1. The van der Waals surface area contributed by atoms with Gasteiger partial charge in [-0.2, -0.15) is 0 Å². The number of carbonyl (C=O) groups is 1. The van der Waals surface area contributed by atoms with Crippen molar-refractivity contribution >= 4 is 17.7 Å². The highest BCUT2D eigenvalue weighted by Crippen LogP contribution is 2.43. The first-order valence-corrected chi connectivity index (χ1v) is 9.81. The average molecular weight is 438 g/mol. The molecule has 3 aromatic rings. The predicted octanol–water partition coefficient (Wildman–Crippen LogP) is 5.63. The fourth-order valence-corrected chi connectivity index (χ4v) is 4.10. The number of esters is 1. The number of rotatable bonds is 6. The average Bonchev–Trinajstić information content (AvgIpc) is 3.08. The number of thioether (sulfide) groups is 1. The molecule has 0 fully saturated rings. The molecule has 158 valence electrons. The maximum Gasteiger partial charge on any atom is 0.357 e. The first kappa shape index (κ1) is 21.9. The molecular formula is C21H18F4N2O2S. The molecule has 0 saturated carbocycles.